The molecule has 2 aromatic rings. The molecule has 0 aliphatic rings. The highest BCUT2D eigenvalue weighted by atomic mass is 19.4. The van der Waals surface area contributed by atoms with Crippen molar-refractivity contribution in [2.75, 3.05) is 0 Å². The first-order valence-electron chi connectivity index (χ1n) is 6.92. The molecule has 0 spiro atoms. The summed E-state index contributed by atoms with van der Waals surface area (Å²) >= 11 is 0. The number of hydrogen-bond acceptors (Lipinski definition) is 1. The lowest BCUT2D eigenvalue weighted by Crippen LogP contribution is -2.15. The maximum Gasteiger partial charge on any atom is 0.417 e. The van der Waals surface area contributed by atoms with Crippen molar-refractivity contribution >= 4 is 0 Å². The fourth-order valence-corrected chi connectivity index (χ4v) is 2.01. The van der Waals surface area contributed by atoms with Gasteiger partial charge in [0.15, 0.2) is 0 Å². The van der Waals surface area contributed by atoms with E-state index in [1.807, 2.05) is 13.8 Å². The molecule has 0 aliphatic heterocycles. The maximum absolute atomic E-state index is 13.0. The van der Waals surface area contributed by atoms with Crippen molar-refractivity contribution < 1.29 is 26.3 Å². The highest BCUT2D eigenvalue weighted by Crippen LogP contribution is 2.41. The van der Waals surface area contributed by atoms with Crippen LogP contribution < -0.4 is 0 Å². The number of nitrogens with zero attached hydrogens (tertiary/aromatic N) is 1. The van der Waals surface area contributed by atoms with E-state index in [1.165, 1.54) is 24.3 Å². The average Bonchev–Trinajstić information content (AvgIpc) is 2.54. The molecule has 24 heavy (non-hydrogen) atoms. The van der Waals surface area contributed by atoms with E-state index in [2.05, 4.69) is 0 Å². The third kappa shape index (κ3) is 4.28. The van der Waals surface area contributed by atoms with Crippen LogP contribution in [0.25, 0.3) is 11.1 Å². The molecule has 1 nitrogen and oxygen atoms in total. The van der Waals surface area contributed by atoms with Gasteiger partial charge in [0.05, 0.1) is 16.7 Å². The first-order valence-corrected chi connectivity index (χ1v) is 6.92. The maximum atomic E-state index is 13.0. The summed E-state index contributed by atoms with van der Waals surface area (Å²) in [6.07, 6.45) is -10.1. The Balaban J connectivity index is 0.00000139. The second-order valence-electron chi connectivity index (χ2n) is 4.42. The minimum atomic E-state index is -5.06. The van der Waals surface area contributed by atoms with Crippen LogP contribution in [0.1, 0.15) is 30.5 Å². The summed E-state index contributed by atoms with van der Waals surface area (Å²) in [6, 6.07) is 9.49. The van der Waals surface area contributed by atoms with Crippen LogP contribution in [0.2, 0.25) is 0 Å². The van der Waals surface area contributed by atoms with Crippen molar-refractivity contribution in [3.63, 3.8) is 0 Å². The molecule has 2 aromatic carbocycles. The van der Waals surface area contributed by atoms with E-state index < -0.39 is 29.0 Å². The van der Waals surface area contributed by atoms with Crippen LogP contribution in [-0.4, -0.2) is 0 Å². The van der Waals surface area contributed by atoms with E-state index in [0.717, 1.165) is 6.07 Å². The molecule has 0 saturated heterocycles. The van der Waals surface area contributed by atoms with E-state index in [1.54, 1.807) is 6.07 Å². The zero-order valence-electron chi connectivity index (χ0n) is 12.8. The summed E-state index contributed by atoms with van der Waals surface area (Å²) in [4.78, 5) is 0. The molecular formula is C17H13F6N. The van der Waals surface area contributed by atoms with Gasteiger partial charge in [-0.3, -0.25) is 0 Å². The lowest BCUT2D eigenvalue weighted by molar-refractivity contribution is -0.143. The number of halogens is 6. The molecule has 0 fully saturated rings. The van der Waals surface area contributed by atoms with Crippen LogP contribution in [0.3, 0.4) is 0 Å². The quantitative estimate of drug-likeness (QED) is 0.557. The zero-order chi connectivity index (χ0) is 18.5. The second-order valence-corrected chi connectivity index (χ2v) is 4.42. The predicted octanol–water partition coefficient (Wildman–Crippen LogP) is 6.29. The monoisotopic (exact) mass is 345 g/mol. The Bertz CT molecular complexity index is 688. The van der Waals surface area contributed by atoms with Gasteiger partial charge in [0.25, 0.3) is 0 Å². The summed E-state index contributed by atoms with van der Waals surface area (Å²) < 4.78 is 77.9. The molecule has 0 N–H and O–H groups in total. The molecular weight excluding hydrogens is 332 g/mol. The van der Waals surface area contributed by atoms with Crippen LogP contribution in [-0.2, 0) is 12.4 Å². The van der Waals surface area contributed by atoms with E-state index >= 15 is 0 Å². The lowest BCUT2D eigenvalue weighted by atomic mass is 9.94. The normalized spacial score (nSPS) is 11.3. The predicted molar refractivity (Wildman–Crippen MR) is 77.9 cm³/mol. The van der Waals surface area contributed by atoms with Gasteiger partial charge in [-0.15, -0.1) is 0 Å². The standard InChI is InChI=1S/C15H7F6N.C2H6/c16-14(17,18)12-6-10(9-4-2-1-3-5-9)7-13(11(12)8-22)15(19,20)21;1-2/h1-7H;1-2H3. The molecule has 128 valence electrons. The van der Waals surface area contributed by atoms with Gasteiger partial charge in [0.1, 0.15) is 6.07 Å². The molecule has 2 rings (SSSR count). The molecule has 0 heterocycles. The van der Waals surface area contributed by atoms with Crippen LogP contribution in [0.15, 0.2) is 42.5 Å². The highest BCUT2D eigenvalue weighted by molar-refractivity contribution is 5.68. The number of nitriles is 1. The number of benzene rings is 2. The SMILES string of the molecule is CC.N#Cc1c(C(F)(F)F)cc(-c2ccccc2)cc1C(F)(F)F. The van der Waals surface area contributed by atoms with Gasteiger partial charge < -0.3 is 0 Å². The smallest absolute Gasteiger partial charge is 0.192 e. The van der Waals surface area contributed by atoms with Crippen molar-refractivity contribution in [1.82, 2.24) is 0 Å². The van der Waals surface area contributed by atoms with Gasteiger partial charge in [-0.25, -0.2) is 0 Å². The van der Waals surface area contributed by atoms with Crippen molar-refractivity contribution in [2.45, 2.75) is 26.2 Å². The Morgan fingerprint density at radius 2 is 1.17 bits per heavy atom. The Morgan fingerprint density at radius 1 is 0.750 bits per heavy atom. The van der Waals surface area contributed by atoms with Crippen molar-refractivity contribution in [3.05, 3.63) is 59.2 Å². The summed E-state index contributed by atoms with van der Waals surface area (Å²) in [5.74, 6) is 0. The second kappa shape index (κ2) is 7.39. The van der Waals surface area contributed by atoms with Gasteiger partial charge in [-0.05, 0) is 23.3 Å². The molecule has 0 radical (unpaired) electrons. The minimum absolute atomic E-state index is 0.197. The largest absolute Gasteiger partial charge is 0.417 e. The Hall–Kier alpha value is -2.49. The molecule has 0 atom stereocenters. The summed E-state index contributed by atoms with van der Waals surface area (Å²) in [5.41, 5.74) is -4.66. The topological polar surface area (TPSA) is 23.8 Å². The molecule has 0 unspecified atom stereocenters. The van der Waals surface area contributed by atoms with Gasteiger partial charge in [-0.1, -0.05) is 44.2 Å². The van der Waals surface area contributed by atoms with Gasteiger partial charge in [0, 0.05) is 0 Å². The molecule has 7 heteroatoms. The molecule has 0 amide bonds. The summed E-state index contributed by atoms with van der Waals surface area (Å²) in [6.45, 7) is 4.00. The van der Waals surface area contributed by atoms with E-state index in [0.29, 0.717) is 12.1 Å². The van der Waals surface area contributed by atoms with Crippen molar-refractivity contribution in [1.29, 1.82) is 5.26 Å². The van der Waals surface area contributed by atoms with Crippen LogP contribution in [0.4, 0.5) is 26.3 Å². The molecule has 0 aliphatic carbocycles. The number of alkyl halides is 6. The lowest BCUT2D eigenvalue weighted by Gasteiger charge is -2.17. The highest BCUT2D eigenvalue weighted by Gasteiger charge is 2.41. The molecule has 0 aromatic heterocycles. The Morgan fingerprint density at radius 3 is 1.50 bits per heavy atom. The first-order chi connectivity index (χ1) is 11.1. The van der Waals surface area contributed by atoms with E-state index in [-0.39, 0.29) is 11.1 Å². The van der Waals surface area contributed by atoms with E-state index in [9.17, 15) is 26.3 Å². The van der Waals surface area contributed by atoms with Crippen LogP contribution in [0, 0.1) is 11.3 Å². The zero-order valence-corrected chi connectivity index (χ0v) is 12.8. The Kier molecular flexibility index (Phi) is 6.02. The molecule has 0 saturated carbocycles. The fourth-order valence-electron chi connectivity index (χ4n) is 2.01. The minimum Gasteiger partial charge on any atom is -0.192 e. The van der Waals surface area contributed by atoms with E-state index in [4.69, 9.17) is 5.26 Å². The van der Waals surface area contributed by atoms with Gasteiger partial charge >= 0.3 is 12.4 Å². The summed E-state index contributed by atoms with van der Waals surface area (Å²) in [7, 11) is 0. The fraction of sp³-hybridized carbons (Fsp3) is 0.235. The van der Waals surface area contributed by atoms with Crippen molar-refractivity contribution in [3.8, 4) is 17.2 Å². The number of rotatable bonds is 1. The third-order valence-corrected chi connectivity index (χ3v) is 2.97. The number of hydrogen-bond donors (Lipinski definition) is 0. The molecule has 0 bridgehead atoms. The van der Waals surface area contributed by atoms with Crippen LogP contribution in [0.5, 0.6) is 0 Å². The van der Waals surface area contributed by atoms with Crippen molar-refractivity contribution in [2.24, 2.45) is 0 Å². The third-order valence-electron chi connectivity index (χ3n) is 2.97. The Labute approximate surface area is 135 Å². The van der Waals surface area contributed by atoms with Crippen LogP contribution >= 0.6 is 0 Å². The van der Waals surface area contributed by atoms with Gasteiger partial charge in [0.2, 0.25) is 0 Å². The summed E-state index contributed by atoms with van der Waals surface area (Å²) in [5, 5.41) is 8.74. The average molecular weight is 345 g/mol. The van der Waals surface area contributed by atoms with Gasteiger partial charge in [-0.2, -0.15) is 31.6 Å². The first kappa shape index (κ1) is 19.6.